The molecule has 0 aromatic heterocycles. The van der Waals surface area contributed by atoms with Crippen LogP contribution in [-0.4, -0.2) is 51.8 Å². The number of likely N-dealkylation sites (N-methyl/N-ethyl adjacent to an activating group) is 1. The molecule has 168 valence electrons. The fourth-order valence-corrected chi connectivity index (χ4v) is 6.20. The van der Waals surface area contributed by atoms with Gasteiger partial charge in [-0.25, -0.2) is 4.79 Å². The van der Waals surface area contributed by atoms with Crippen molar-refractivity contribution in [3.63, 3.8) is 0 Å². The van der Waals surface area contributed by atoms with Crippen LogP contribution in [0.5, 0.6) is 0 Å². The van der Waals surface area contributed by atoms with Gasteiger partial charge in [-0.2, -0.15) is 0 Å². The van der Waals surface area contributed by atoms with Crippen LogP contribution in [0.15, 0.2) is 54.6 Å². The van der Waals surface area contributed by atoms with Gasteiger partial charge in [-0.3, -0.25) is 14.6 Å². The summed E-state index contributed by atoms with van der Waals surface area (Å²) in [7, 11) is 2.09. The van der Waals surface area contributed by atoms with Crippen molar-refractivity contribution in [3.05, 3.63) is 71.3 Å². The van der Waals surface area contributed by atoms with E-state index in [-0.39, 0.29) is 24.0 Å². The van der Waals surface area contributed by atoms with Gasteiger partial charge >= 0.3 is 6.03 Å². The summed E-state index contributed by atoms with van der Waals surface area (Å²) < 4.78 is 0. The van der Waals surface area contributed by atoms with Crippen molar-refractivity contribution in [1.82, 2.24) is 14.7 Å². The molecule has 32 heavy (non-hydrogen) atoms. The summed E-state index contributed by atoms with van der Waals surface area (Å²) >= 11 is 0. The van der Waals surface area contributed by atoms with Crippen molar-refractivity contribution in [3.8, 4) is 0 Å². The number of hydrogen-bond donors (Lipinski definition) is 0. The Kier molecular flexibility index (Phi) is 5.54. The minimum Gasteiger partial charge on any atom is -0.315 e. The van der Waals surface area contributed by atoms with Crippen molar-refractivity contribution in [2.75, 3.05) is 7.05 Å². The number of benzene rings is 2. The van der Waals surface area contributed by atoms with Crippen molar-refractivity contribution < 1.29 is 9.59 Å². The monoisotopic (exact) mass is 431 g/mol. The zero-order valence-corrected chi connectivity index (χ0v) is 19.3. The average molecular weight is 432 g/mol. The first-order chi connectivity index (χ1) is 15.4. The van der Waals surface area contributed by atoms with Crippen LogP contribution in [0.1, 0.15) is 42.9 Å². The highest BCUT2D eigenvalue weighted by molar-refractivity contribution is 6.00. The highest BCUT2D eigenvalue weighted by Gasteiger charge is 2.59. The summed E-state index contributed by atoms with van der Waals surface area (Å²) in [6.07, 6.45) is 3.38. The maximum absolute atomic E-state index is 13.8. The topological polar surface area (TPSA) is 43.9 Å². The summed E-state index contributed by atoms with van der Waals surface area (Å²) in [6.45, 7) is 5.25. The van der Waals surface area contributed by atoms with Gasteiger partial charge < -0.3 is 4.90 Å². The van der Waals surface area contributed by atoms with E-state index in [4.69, 9.17) is 0 Å². The molecule has 3 aliphatic rings. The maximum atomic E-state index is 13.8. The molecular formula is C27H33N3O2. The lowest BCUT2D eigenvalue weighted by atomic mass is 9.76. The molecule has 2 aliphatic heterocycles. The van der Waals surface area contributed by atoms with Gasteiger partial charge in [-0.05, 0) is 56.2 Å². The molecule has 1 aliphatic carbocycles. The number of carbonyl (C=O) groups excluding carboxylic acids is 2. The second kappa shape index (κ2) is 8.36. The molecule has 2 aromatic rings. The molecule has 5 rings (SSSR count). The molecule has 0 spiro atoms. The number of rotatable bonds is 4. The van der Waals surface area contributed by atoms with E-state index < -0.39 is 0 Å². The zero-order chi connectivity index (χ0) is 22.4. The van der Waals surface area contributed by atoms with Crippen LogP contribution in [0.4, 0.5) is 4.79 Å². The molecule has 5 nitrogen and oxygen atoms in total. The van der Waals surface area contributed by atoms with Gasteiger partial charge in [0.05, 0.1) is 12.6 Å². The van der Waals surface area contributed by atoms with E-state index in [2.05, 4.69) is 50.1 Å². The van der Waals surface area contributed by atoms with Crippen LogP contribution in [-0.2, 0) is 17.9 Å². The molecule has 5 heteroatoms. The molecular weight excluding hydrogens is 398 g/mol. The first kappa shape index (κ1) is 21.2. The van der Waals surface area contributed by atoms with E-state index >= 15 is 0 Å². The number of hydrogen-bond acceptors (Lipinski definition) is 3. The summed E-state index contributed by atoms with van der Waals surface area (Å²) in [6, 6.07) is 18.2. The summed E-state index contributed by atoms with van der Waals surface area (Å²) in [5.41, 5.74) is 3.31. The quantitative estimate of drug-likeness (QED) is 0.719. The minimum absolute atomic E-state index is 0.0337. The van der Waals surface area contributed by atoms with Gasteiger partial charge in [0.15, 0.2) is 0 Å². The molecule has 2 saturated heterocycles. The molecule has 5 atom stereocenters. The summed E-state index contributed by atoms with van der Waals surface area (Å²) in [5.74, 6) is 0.955. The maximum Gasteiger partial charge on any atom is 0.327 e. The molecule has 3 amide bonds. The van der Waals surface area contributed by atoms with Crippen LogP contribution >= 0.6 is 0 Å². The number of fused-ring (bicyclic) bond motifs is 3. The fraction of sp³-hybridized carbons (Fsp3) is 0.481. The molecule has 2 aromatic carbocycles. The van der Waals surface area contributed by atoms with Crippen LogP contribution in [0.3, 0.4) is 0 Å². The predicted molar refractivity (Wildman–Crippen MR) is 125 cm³/mol. The lowest BCUT2D eigenvalue weighted by Gasteiger charge is -2.45. The predicted octanol–water partition coefficient (Wildman–Crippen LogP) is 4.45. The van der Waals surface area contributed by atoms with Crippen LogP contribution in [0, 0.1) is 18.8 Å². The summed E-state index contributed by atoms with van der Waals surface area (Å²) in [4.78, 5) is 33.4. The Morgan fingerprint density at radius 3 is 2.31 bits per heavy atom. The first-order valence-electron chi connectivity index (χ1n) is 11.9. The number of nitrogens with zero attached hydrogens (tertiary/aromatic N) is 3. The lowest BCUT2D eigenvalue weighted by molar-refractivity contribution is -0.139. The van der Waals surface area contributed by atoms with Crippen LogP contribution in [0.25, 0.3) is 0 Å². The smallest absolute Gasteiger partial charge is 0.315 e. The van der Waals surface area contributed by atoms with E-state index in [1.165, 1.54) is 16.9 Å². The van der Waals surface area contributed by atoms with Crippen LogP contribution < -0.4 is 0 Å². The van der Waals surface area contributed by atoms with Gasteiger partial charge in [0.25, 0.3) is 0 Å². The number of likely N-dealkylation sites (tertiary alicyclic amines) is 1. The molecule has 0 radical (unpaired) electrons. The third-order valence-corrected chi connectivity index (χ3v) is 7.86. The van der Waals surface area contributed by atoms with Crippen molar-refractivity contribution in [2.24, 2.45) is 11.8 Å². The molecule has 3 fully saturated rings. The lowest BCUT2D eigenvalue weighted by Crippen LogP contribution is -2.65. The van der Waals surface area contributed by atoms with Gasteiger partial charge in [0.1, 0.15) is 6.04 Å². The van der Waals surface area contributed by atoms with Gasteiger partial charge in [0, 0.05) is 12.6 Å². The van der Waals surface area contributed by atoms with Gasteiger partial charge in [-0.15, -0.1) is 0 Å². The minimum atomic E-state index is -0.262. The number of urea groups is 1. The number of imide groups is 1. The van der Waals surface area contributed by atoms with E-state index in [1.54, 1.807) is 0 Å². The van der Waals surface area contributed by atoms with Crippen molar-refractivity contribution in [2.45, 2.75) is 64.3 Å². The van der Waals surface area contributed by atoms with Gasteiger partial charge in [0.2, 0.25) is 5.91 Å². The van der Waals surface area contributed by atoms with Crippen molar-refractivity contribution in [1.29, 1.82) is 0 Å². The Morgan fingerprint density at radius 2 is 1.59 bits per heavy atom. The van der Waals surface area contributed by atoms with Crippen LogP contribution in [0.2, 0.25) is 0 Å². The standard InChI is InChI=1S/C27H33N3O2/c1-18-9-12-21(13-10-18)16-29-24-22-15-19(2)11-14-23(22)28(3)25(24)26(31)30(27(29)32)17-20-7-5-4-6-8-20/h4-10,12-13,19,22-25H,11,14-17H2,1-3H3. The number of carbonyl (C=O) groups is 2. The molecule has 2 heterocycles. The largest absolute Gasteiger partial charge is 0.327 e. The Morgan fingerprint density at radius 1 is 0.906 bits per heavy atom. The first-order valence-corrected chi connectivity index (χ1v) is 11.9. The zero-order valence-electron chi connectivity index (χ0n) is 19.3. The van der Waals surface area contributed by atoms with E-state index in [0.29, 0.717) is 31.0 Å². The molecule has 0 N–H and O–H groups in total. The van der Waals surface area contributed by atoms with E-state index in [1.807, 2.05) is 35.2 Å². The number of aryl methyl sites for hydroxylation is 1. The Bertz CT molecular complexity index is 990. The van der Waals surface area contributed by atoms with Crippen molar-refractivity contribution >= 4 is 11.9 Å². The normalized spacial score (nSPS) is 30.4. The number of amides is 3. The second-order valence-electron chi connectivity index (χ2n) is 10.1. The summed E-state index contributed by atoms with van der Waals surface area (Å²) in [5, 5.41) is 0. The SMILES string of the molecule is Cc1ccc(CN2C(=O)N(Cc3ccccc3)C(=O)C3C2C2CC(C)CCC2N3C)cc1. The third kappa shape index (κ3) is 3.62. The Balaban J connectivity index is 1.52. The Hall–Kier alpha value is -2.66. The third-order valence-electron chi connectivity index (χ3n) is 7.86. The molecule has 5 unspecified atom stereocenters. The van der Waals surface area contributed by atoms with E-state index in [0.717, 1.165) is 24.0 Å². The second-order valence-corrected chi connectivity index (χ2v) is 10.1. The highest BCUT2D eigenvalue weighted by Crippen LogP contribution is 2.46. The van der Waals surface area contributed by atoms with E-state index in [9.17, 15) is 9.59 Å². The molecule has 0 bridgehead atoms. The molecule has 1 saturated carbocycles. The fourth-order valence-electron chi connectivity index (χ4n) is 6.20. The highest BCUT2D eigenvalue weighted by atomic mass is 16.2. The Labute approximate surface area is 191 Å². The van der Waals surface area contributed by atoms with Gasteiger partial charge in [-0.1, -0.05) is 67.1 Å². The average Bonchev–Trinajstić information content (AvgIpc) is 3.08.